The maximum atomic E-state index is 11.7. The van der Waals surface area contributed by atoms with Gasteiger partial charge in [-0.3, -0.25) is 14.5 Å². The van der Waals surface area contributed by atoms with Gasteiger partial charge >= 0.3 is 11.8 Å². The molecule has 0 radical (unpaired) electrons. The van der Waals surface area contributed by atoms with E-state index in [2.05, 4.69) is 17.1 Å². The predicted octanol–water partition coefficient (Wildman–Crippen LogP) is -0.821. The maximum Gasteiger partial charge on any atom is 0.312 e. The van der Waals surface area contributed by atoms with Crippen molar-refractivity contribution in [2.24, 2.45) is 0 Å². The number of carbonyl (C=O) groups excluding carboxylic acids is 2. The van der Waals surface area contributed by atoms with Crippen molar-refractivity contribution in [2.45, 2.75) is 19.9 Å². The summed E-state index contributed by atoms with van der Waals surface area (Å²) in [6.45, 7) is 6.85. The van der Waals surface area contributed by atoms with Crippen molar-refractivity contribution in [3.05, 3.63) is 0 Å². The van der Waals surface area contributed by atoms with Crippen molar-refractivity contribution in [3.8, 4) is 6.07 Å². The zero-order valence-electron chi connectivity index (χ0n) is 10.3. The molecule has 1 unspecified atom stereocenters. The molecule has 1 aliphatic rings. The van der Waals surface area contributed by atoms with Gasteiger partial charge in [-0.05, 0) is 13.5 Å². The van der Waals surface area contributed by atoms with Gasteiger partial charge in [0.05, 0.1) is 6.07 Å². The summed E-state index contributed by atoms with van der Waals surface area (Å²) in [5, 5.41) is 10.6. The van der Waals surface area contributed by atoms with Crippen LogP contribution in [0.4, 0.5) is 0 Å². The minimum Gasteiger partial charge on any atom is -0.335 e. The van der Waals surface area contributed by atoms with E-state index >= 15 is 0 Å². The van der Waals surface area contributed by atoms with Crippen LogP contribution in [-0.4, -0.2) is 60.4 Å². The zero-order chi connectivity index (χ0) is 12.8. The second-order valence-electron chi connectivity index (χ2n) is 4.07. The van der Waals surface area contributed by atoms with Gasteiger partial charge in [0.2, 0.25) is 0 Å². The fraction of sp³-hybridized carbons (Fsp3) is 0.727. The molecule has 94 valence electrons. The number of carbonyl (C=O) groups is 2. The Morgan fingerprint density at radius 1 is 1.47 bits per heavy atom. The summed E-state index contributed by atoms with van der Waals surface area (Å²) in [6, 6.07) is 2.04. The van der Waals surface area contributed by atoms with Crippen LogP contribution >= 0.6 is 0 Å². The lowest BCUT2D eigenvalue weighted by molar-refractivity contribution is -0.147. The van der Waals surface area contributed by atoms with E-state index in [4.69, 9.17) is 5.26 Å². The van der Waals surface area contributed by atoms with Crippen LogP contribution in [0.15, 0.2) is 0 Å². The number of nitrogens with one attached hydrogen (secondary N) is 1. The average Bonchev–Trinajstić information content (AvgIpc) is 2.34. The van der Waals surface area contributed by atoms with Gasteiger partial charge in [-0.1, -0.05) is 6.92 Å². The lowest BCUT2D eigenvalue weighted by atomic mass is 10.2. The summed E-state index contributed by atoms with van der Waals surface area (Å²) in [6.07, 6.45) is 0. The van der Waals surface area contributed by atoms with Crippen LogP contribution in [0.1, 0.15) is 13.8 Å². The van der Waals surface area contributed by atoms with Crippen LogP contribution in [0.25, 0.3) is 0 Å². The minimum atomic E-state index is -0.691. The molecule has 1 heterocycles. The van der Waals surface area contributed by atoms with E-state index in [0.29, 0.717) is 13.1 Å². The Morgan fingerprint density at radius 3 is 2.71 bits per heavy atom. The number of nitriles is 1. The second kappa shape index (κ2) is 6.21. The number of hydrogen-bond acceptors (Lipinski definition) is 4. The molecular weight excluding hydrogens is 220 g/mol. The summed E-state index contributed by atoms with van der Waals surface area (Å²) in [4.78, 5) is 26.9. The Labute approximate surface area is 101 Å². The van der Waals surface area contributed by atoms with Crippen molar-refractivity contribution in [3.63, 3.8) is 0 Å². The molecule has 0 aromatic carbocycles. The van der Waals surface area contributed by atoms with Gasteiger partial charge in [-0.2, -0.15) is 5.26 Å². The largest absolute Gasteiger partial charge is 0.335 e. The fourth-order valence-electron chi connectivity index (χ4n) is 1.99. The minimum absolute atomic E-state index is 0.130. The van der Waals surface area contributed by atoms with E-state index < -0.39 is 11.8 Å². The highest BCUT2D eigenvalue weighted by Gasteiger charge is 2.28. The van der Waals surface area contributed by atoms with Crippen LogP contribution in [0.2, 0.25) is 0 Å². The van der Waals surface area contributed by atoms with E-state index in [-0.39, 0.29) is 12.6 Å². The molecule has 1 atom stereocenters. The van der Waals surface area contributed by atoms with E-state index in [1.807, 2.05) is 6.92 Å². The second-order valence-corrected chi connectivity index (χ2v) is 4.07. The first-order chi connectivity index (χ1) is 8.10. The third-order valence-electron chi connectivity index (χ3n) is 2.98. The third kappa shape index (κ3) is 3.43. The smallest absolute Gasteiger partial charge is 0.312 e. The van der Waals surface area contributed by atoms with Gasteiger partial charge in [0, 0.05) is 25.7 Å². The summed E-state index contributed by atoms with van der Waals surface area (Å²) < 4.78 is 0. The van der Waals surface area contributed by atoms with Crippen molar-refractivity contribution >= 4 is 11.8 Å². The molecule has 1 aliphatic heterocycles. The highest BCUT2D eigenvalue weighted by atomic mass is 16.2. The van der Waals surface area contributed by atoms with E-state index in [9.17, 15) is 9.59 Å². The molecule has 1 N–H and O–H groups in total. The van der Waals surface area contributed by atoms with Crippen molar-refractivity contribution in [2.75, 3.05) is 32.7 Å². The Balaban J connectivity index is 2.49. The number of nitrogens with zero attached hydrogens (tertiary/aromatic N) is 3. The molecule has 1 saturated heterocycles. The molecule has 0 bridgehead atoms. The fourth-order valence-corrected chi connectivity index (χ4v) is 1.99. The number of piperazine rings is 1. The molecule has 6 nitrogen and oxygen atoms in total. The lowest BCUT2D eigenvalue weighted by Crippen LogP contribution is -2.56. The molecule has 0 spiro atoms. The molecule has 0 aliphatic carbocycles. The van der Waals surface area contributed by atoms with Crippen LogP contribution in [0, 0.1) is 11.3 Å². The van der Waals surface area contributed by atoms with Gasteiger partial charge in [0.25, 0.3) is 0 Å². The van der Waals surface area contributed by atoms with Crippen LogP contribution in [-0.2, 0) is 9.59 Å². The van der Waals surface area contributed by atoms with Gasteiger partial charge in [-0.25, -0.2) is 0 Å². The molecule has 6 heteroatoms. The van der Waals surface area contributed by atoms with Gasteiger partial charge < -0.3 is 10.2 Å². The summed E-state index contributed by atoms with van der Waals surface area (Å²) in [5.74, 6) is -1.23. The molecule has 0 aromatic rings. The number of amides is 2. The Kier molecular flexibility index (Phi) is 4.91. The predicted molar refractivity (Wildman–Crippen MR) is 61.9 cm³/mol. The standard InChI is InChI=1S/C11H18N4O2/c1-3-14-6-7-15(8-9(14)2)11(17)10(16)13-5-4-12/h9H,3,5-8H2,1-2H3,(H,13,16). The van der Waals surface area contributed by atoms with E-state index in [1.54, 1.807) is 11.0 Å². The van der Waals surface area contributed by atoms with Crippen LogP contribution in [0.5, 0.6) is 0 Å². The zero-order valence-corrected chi connectivity index (χ0v) is 10.3. The third-order valence-corrected chi connectivity index (χ3v) is 2.98. The highest BCUT2D eigenvalue weighted by Crippen LogP contribution is 2.08. The lowest BCUT2D eigenvalue weighted by Gasteiger charge is -2.38. The van der Waals surface area contributed by atoms with E-state index in [1.165, 1.54) is 0 Å². The Hall–Kier alpha value is -1.61. The van der Waals surface area contributed by atoms with Crippen LogP contribution in [0.3, 0.4) is 0 Å². The van der Waals surface area contributed by atoms with Gasteiger partial charge in [0.15, 0.2) is 0 Å². The number of hydrogen-bond donors (Lipinski definition) is 1. The van der Waals surface area contributed by atoms with Crippen molar-refractivity contribution in [1.82, 2.24) is 15.1 Å². The van der Waals surface area contributed by atoms with Crippen molar-refractivity contribution in [1.29, 1.82) is 5.26 Å². The van der Waals surface area contributed by atoms with E-state index in [0.717, 1.165) is 13.1 Å². The first kappa shape index (κ1) is 13.5. The first-order valence-electron chi connectivity index (χ1n) is 5.78. The molecule has 0 aromatic heterocycles. The molecular formula is C11H18N4O2. The van der Waals surface area contributed by atoms with Gasteiger partial charge in [-0.15, -0.1) is 0 Å². The molecule has 0 saturated carbocycles. The van der Waals surface area contributed by atoms with Gasteiger partial charge in [0.1, 0.15) is 6.54 Å². The molecule has 1 rings (SSSR count). The SMILES string of the molecule is CCN1CCN(C(=O)C(=O)NCC#N)CC1C. The monoisotopic (exact) mass is 238 g/mol. The molecule has 2 amide bonds. The Bertz CT molecular complexity index is 337. The normalized spacial score (nSPS) is 20.8. The topological polar surface area (TPSA) is 76.4 Å². The van der Waals surface area contributed by atoms with Crippen LogP contribution < -0.4 is 5.32 Å². The first-order valence-corrected chi connectivity index (χ1v) is 5.78. The summed E-state index contributed by atoms with van der Waals surface area (Å²) in [7, 11) is 0. The summed E-state index contributed by atoms with van der Waals surface area (Å²) >= 11 is 0. The molecule has 17 heavy (non-hydrogen) atoms. The quantitative estimate of drug-likeness (QED) is 0.503. The number of rotatable bonds is 2. The molecule has 1 fully saturated rings. The Morgan fingerprint density at radius 2 is 2.18 bits per heavy atom. The summed E-state index contributed by atoms with van der Waals surface area (Å²) in [5.41, 5.74) is 0. The maximum absolute atomic E-state index is 11.7. The van der Waals surface area contributed by atoms with Crippen molar-refractivity contribution < 1.29 is 9.59 Å². The number of likely N-dealkylation sites (N-methyl/N-ethyl adjacent to an activating group) is 1. The highest BCUT2D eigenvalue weighted by molar-refractivity contribution is 6.35. The average molecular weight is 238 g/mol.